The van der Waals surface area contributed by atoms with Gasteiger partial charge in [-0.25, -0.2) is 0 Å². The monoisotopic (exact) mass is 151 g/mol. The Morgan fingerprint density at radius 2 is 2.20 bits per heavy atom. The van der Waals surface area contributed by atoms with Crippen molar-refractivity contribution in [1.82, 2.24) is 0 Å². The lowest BCUT2D eigenvalue weighted by Gasteiger charge is -1.93. The van der Waals surface area contributed by atoms with Crippen LogP contribution in [0, 0.1) is 0 Å². The Labute approximate surface area is 65.5 Å². The molecule has 0 aliphatic rings. The Balaban J connectivity index is 3.07. The van der Waals surface area contributed by atoms with Gasteiger partial charge in [0.25, 0.3) is 0 Å². The standard InChI is InChI=1S/C8H7OS/c1-6(9)7-3-2-4-8(10)5-7/h2-5H,1H3. The first-order valence-electron chi connectivity index (χ1n) is 2.98. The van der Waals surface area contributed by atoms with E-state index in [0.717, 1.165) is 0 Å². The summed E-state index contributed by atoms with van der Waals surface area (Å²) in [4.78, 5) is 11.5. The molecule has 0 aliphatic carbocycles. The van der Waals surface area contributed by atoms with Gasteiger partial charge in [-0.15, -0.1) is 0 Å². The van der Waals surface area contributed by atoms with E-state index in [1.807, 2.05) is 0 Å². The summed E-state index contributed by atoms with van der Waals surface area (Å²) in [6, 6.07) is 7.05. The lowest BCUT2D eigenvalue weighted by molar-refractivity contribution is 0.101. The lowest BCUT2D eigenvalue weighted by Crippen LogP contribution is -1.89. The fourth-order valence-corrected chi connectivity index (χ4v) is 0.921. The zero-order valence-corrected chi connectivity index (χ0v) is 6.44. The quantitative estimate of drug-likeness (QED) is 0.563. The van der Waals surface area contributed by atoms with Gasteiger partial charge in [-0.1, -0.05) is 24.8 Å². The molecule has 0 amide bonds. The molecule has 0 atom stereocenters. The van der Waals surface area contributed by atoms with Crippen LogP contribution in [0.1, 0.15) is 17.3 Å². The maximum absolute atomic E-state index is 10.8. The zero-order chi connectivity index (χ0) is 7.56. The predicted octanol–water partition coefficient (Wildman–Crippen LogP) is 2.45. The second-order valence-electron chi connectivity index (χ2n) is 2.08. The molecule has 1 rings (SSSR count). The van der Waals surface area contributed by atoms with E-state index in [1.54, 1.807) is 24.3 Å². The van der Waals surface area contributed by atoms with E-state index in [1.165, 1.54) is 6.92 Å². The van der Waals surface area contributed by atoms with Crippen molar-refractivity contribution in [2.75, 3.05) is 0 Å². The number of benzene rings is 1. The zero-order valence-electron chi connectivity index (χ0n) is 5.63. The predicted molar refractivity (Wildman–Crippen MR) is 42.3 cm³/mol. The third-order valence-electron chi connectivity index (χ3n) is 1.24. The van der Waals surface area contributed by atoms with Crippen LogP contribution in [0.25, 0.3) is 0 Å². The molecule has 0 saturated carbocycles. The highest BCUT2D eigenvalue weighted by atomic mass is 32.1. The van der Waals surface area contributed by atoms with Crippen molar-refractivity contribution in [2.45, 2.75) is 11.8 Å². The number of hydrogen-bond acceptors (Lipinski definition) is 1. The summed E-state index contributed by atoms with van der Waals surface area (Å²) >= 11 is 4.87. The lowest BCUT2D eigenvalue weighted by atomic mass is 10.2. The molecule has 0 aromatic heterocycles. The van der Waals surface area contributed by atoms with E-state index < -0.39 is 0 Å². The molecule has 2 heteroatoms. The number of carbonyl (C=O) groups excluding carboxylic acids is 1. The fourth-order valence-electron chi connectivity index (χ4n) is 0.715. The Morgan fingerprint density at radius 1 is 1.50 bits per heavy atom. The minimum atomic E-state index is 0.0618. The van der Waals surface area contributed by atoms with Gasteiger partial charge in [0.2, 0.25) is 0 Å². The maximum atomic E-state index is 10.8. The summed E-state index contributed by atoms with van der Waals surface area (Å²) in [6.07, 6.45) is 0. The first kappa shape index (κ1) is 7.22. The maximum Gasteiger partial charge on any atom is 0.159 e. The summed E-state index contributed by atoms with van der Waals surface area (Å²) < 4.78 is 0. The molecule has 0 unspecified atom stereocenters. The number of Topliss-reactive ketones (excluding diaryl/α,β-unsaturated/α-hetero) is 1. The van der Waals surface area contributed by atoms with Crippen molar-refractivity contribution < 1.29 is 4.79 Å². The summed E-state index contributed by atoms with van der Waals surface area (Å²) in [7, 11) is 0. The van der Waals surface area contributed by atoms with Crippen LogP contribution in [0.5, 0.6) is 0 Å². The van der Waals surface area contributed by atoms with Gasteiger partial charge in [-0.05, 0) is 19.1 Å². The molecule has 0 aliphatic heterocycles. The Morgan fingerprint density at radius 3 is 2.60 bits per heavy atom. The molecular formula is C8H7OS. The largest absolute Gasteiger partial charge is 0.295 e. The van der Waals surface area contributed by atoms with Gasteiger partial charge < -0.3 is 0 Å². The topological polar surface area (TPSA) is 17.1 Å². The van der Waals surface area contributed by atoms with Crippen molar-refractivity contribution in [3.05, 3.63) is 29.8 Å². The normalized spacial score (nSPS) is 9.30. The minimum absolute atomic E-state index is 0.0618. The molecule has 1 radical (unpaired) electrons. The van der Waals surface area contributed by atoms with Crippen LogP contribution < -0.4 is 0 Å². The van der Waals surface area contributed by atoms with Gasteiger partial charge in [0, 0.05) is 10.5 Å². The highest BCUT2D eigenvalue weighted by molar-refractivity contribution is 7.80. The van der Waals surface area contributed by atoms with E-state index >= 15 is 0 Å². The Hall–Kier alpha value is -0.890. The highest BCUT2D eigenvalue weighted by Gasteiger charge is 1.96. The average molecular weight is 151 g/mol. The van der Waals surface area contributed by atoms with E-state index in [0.29, 0.717) is 10.5 Å². The van der Waals surface area contributed by atoms with Crippen LogP contribution in [0.3, 0.4) is 0 Å². The second-order valence-corrected chi connectivity index (χ2v) is 2.56. The molecular weight excluding hydrogens is 144 g/mol. The summed E-state index contributed by atoms with van der Waals surface area (Å²) in [5.41, 5.74) is 0.688. The molecule has 51 valence electrons. The summed E-state index contributed by atoms with van der Waals surface area (Å²) in [5.74, 6) is 0.0618. The second kappa shape index (κ2) is 2.80. The van der Waals surface area contributed by atoms with Gasteiger partial charge in [-0.2, -0.15) is 0 Å². The molecule has 1 aromatic rings. The molecule has 0 fully saturated rings. The van der Waals surface area contributed by atoms with Crippen molar-refractivity contribution >= 4 is 18.4 Å². The smallest absolute Gasteiger partial charge is 0.159 e. The van der Waals surface area contributed by atoms with Gasteiger partial charge in [0.05, 0.1) is 0 Å². The summed E-state index contributed by atoms with van der Waals surface area (Å²) in [6.45, 7) is 1.53. The van der Waals surface area contributed by atoms with Crippen molar-refractivity contribution in [3.63, 3.8) is 0 Å². The third kappa shape index (κ3) is 1.54. The minimum Gasteiger partial charge on any atom is -0.295 e. The van der Waals surface area contributed by atoms with Gasteiger partial charge in [-0.3, -0.25) is 4.79 Å². The van der Waals surface area contributed by atoms with Crippen LogP contribution in [0.4, 0.5) is 0 Å². The molecule has 1 aromatic carbocycles. The molecule has 0 N–H and O–H groups in total. The van der Waals surface area contributed by atoms with Crippen molar-refractivity contribution in [1.29, 1.82) is 0 Å². The summed E-state index contributed by atoms with van der Waals surface area (Å²) in [5, 5.41) is 0. The van der Waals surface area contributed by atoms with Crippen LogP contribution >= 0.6 is 12.6 Å². The van der Waals surface area contributed by atoms with Crippen molar-refractivity contribution in [2.24, 2.45) is 0 Å². The number of ketones is 1. The fraction of sp³-hybridized carbons (Fsp3) is 0.125. The van der Waals surface area contributed by atoms with Crippen LogP contribution in [-0.2, 0) is 0 Å². The third-order valence-corrected chi connectivity index (χ3v) is 1.49. The molecule has 0 spiro atoms. The van der Waals surface area contributed by atoms with E-state index in [9.17, 15) is 4.79 Å². The molecule has 0 heterocycles. The SMILES string of the molecule is CC(=O)c1cccc([S])c1. The molecule has 0 saturated heterocycles. The number of rotatable bonds is 1. The first-order valence-corrected chi connectivity index (χ1v) is 3.39. The van der Waals surface area contributed by atoms with Crippen LogP contribution in [-0.4, -0.2) is 5.78 Å². The van der Waals surface area contributed by atoms with E-state index in [-0.39, 0.29) is 5.78 Å². The first-order chi connectivity index (χ1) is 4.70. The molecule has 1 nitrogen and oxygen atoms in total. The van der Waals surface area contributed by atoms with E-state index in [2.05, 4.69) is 0 Å². The molecule has 10 heavy (non-hydrogen) atoms. The Kier molecular flexibility index (Phi) is 2.02. The average Bonchev–Trinajstić information content (AvgIpc) is 1.88. The highest BCUT2D eigenvalue weighted by Crippen LogP contribution is 2.08. The Bertz CT molecular complexity index is 255. The van der Waals surface area contributed by atoms with Crippen molar-refractivity contribution in [3.8, 4) is 0 Å². The van der Waals surface area contributed by atoms with Crippen LogP contribution in [0.15, 0.2) is 29.2 Å². The molecule has 0 bridgehead atoms. The van der Waals surface area contributed by atoms with Gasteiger partial charge in [0.15, 0.2) is 5.78 Å². The van der Waals surface area contributed by atoms with Gasteiger partial charge in [0.1, 0.15) is 0 Å². The number of hydrogen-bond donors (Lipinski definition) is 0. The van der Waals surface area contributed by atoms with Crippen LogP contribution in [0.2, 0.25) is 0 Å². The van der Waals surface area contributed by atoms with Gasteiger partial charge >= 0.3 is 0 Å². The number of carbonyl (C=O) groups is 1. The van der Waals surface area contributed by atoms with E-state index in [4.69, 9.17) is 12.6 Å².